The van der Waals surface area contributed by atoms with Gasteiger partial charge in [-0.05, 0) is 24.6 Å². The predicted octanol–water partition coefficient (Wildman–Crippen LogP) is 0.797. The first-order valence-corrected chi connectivity index (χ1v) is 4.42. The lowest BCUT2D eigenvalue weighted by atomic mass is 9.94. The van der Waals surface area contributed by atoms with Crippen molar-refractivity contribution in [1.29, 1.82) is 5.26 Å². The molecule has 1 aromatic carbocycles. The second kappa shape index (κ2) is 4.55. The standard InChI is InChI=1S/C11H9NO4/c1-6-7(4-12)2-3-8(5-13)9(6)10(14)11(15)16/h2-3,5,10,14H,1H3,(H,15,16). The highest BCUT2D eigenvalue weighted by Crippen LogP contribution is 2.24. The molecule has 5 heteroatoms. The number of carboxylic acids is 1. The zero-order chi connectivity index (χ0) is 12.3. The van der Waals surface area contributed by atoms with Crippen molar-refractivity contribution in [3.05, 3.63) is 34.4 Å². The smallest absolute Gasteiger partial charge is 0.337 e. The average molecular weight is 219 g/mol. The van der Waals surface area contributed by atoms with Crippen molar-refractivity contribution in [2.24, 2.45) is 0 Å². The molecule has 0 fully saturated rings. The Bertz CT molecular complexity index is 487. The summed E-state index contributed by atoms with van der Waals surface area (Å²) in [6, 6.07) is 4.59. The minimum absolute atomic E-state index is 0.0263. The third kappa shape index (κ3) is 1.92. The van der Waals surface area contributed by atoms with E-state index in [-0.39, 0.29) is 16.7 Å². The number of carboxylic acid groups (broad SMARTS) is 1. The van der Waals surface area contributed by atoms with Crippen molar-refractivity contribution in [3.63, 3.8) is 0 Å². The SMILES string of the molecule is Cc1c(C#N)ccc(C=O)c1C(O)C(=O)O. The molecule has 0 amide bonds. The number of benzene rings is 1. The summed E-state index contributed by atoms with van der Waals surface area (Å²) < 4.78 is 0. The molecule has 0 spiro atoms. The van der Waals surface area contributed by atoms with Crippen LogP contribution >= 0.6 is 0 Å². The van der Waals surface area contributed by atoms with Crippen LogP contribution in [0.25, 0.3) is 0 Å². The molecule has 1 unspecified atom stereocenters. The van der Waals surface area contributed by atoms with Crippen molar-refractivity contribution < 1.29 is 19.8 Å². The van der Waals surface area contributed by atoms with Crippen LogP contribution in [0.1, 0.15) is 33.2 Å². The van der Waals surface area contributed by atoms with Gasteiger partial charge in [0.25, 0.3) is 0 Å². The summed E-state index contributed by atoms with van der Waals surface area (Å²) in [6.45, 7) is 1.49. The van der Waals surface area contributed by atoms with Gasteiger partial charge in [-0.25, -0.2) is 4.79 Å². The maximum absolute atomic E-state index is 10.7. The summed E-state index contributed by atoms with van der Waals surface area (Å²) in [4.78, 5) is 21.4. The normalized spacial score (nSPS) is 11.6. The highest BCUT2D eigenvalue weighted by atomic mass is 16.4. The van der Waals surface area contributed by atoms with Gasteiger partial charge in [0, 0.05) is 11.1 Å². The van der Waals surface area contributed by atoms with E-state index in [4.69, 9.17) is 10.4 Å². The highest BCUT2D eigenvalue weighted by molar-refractivity contribution is 5.84. The van der Waals surface area contributed by atoms with Crippen LogP contribution in [0.15, 0.2) is 12.1 Å². The quantitative estimate of drug-likeness (QED) is 0.732. The van der Waals surface area contributed by atoms with Crippen LogP contribution in [-0.4, -0.2) is 22.5 Å². The third-order valence-electron chi connectivity index (χ3n) is 2.30. The maximum Gasteiger partial charge on any atom is 0.337 e. The molecule has 16 heavy (non-hydrogen) atoms. The van der Waals surface area contributed by atoms with E-state index < -0.39 is 12.1 Å². The molecule has 0 bridgehead atoms. The van der Waals surface area contributed by atoms with Gasteiger partial charge in [0.2, 0.25) is 0 Å². The number of nitrogens with zero attached hydrogens (tertiary/aromatic N) is 1. The van der Waals surface area contributed by atoms with E-state index in [0.29, 0.717) is 11.8 Å². The number of nitriles is 1. The minimum Gasteiger partial charge on any atom is -0.479 e. The molecular formula is C11H9NO4. The van der Waals surface area contributed by atoms with Gasteiger partial charge in [-0.2, -0.15) is 5.26 Å². The zero-order valence-corrected chi connectivity index (χ0v) is 8.47. The lowest BCUT2D eigenvalue weighted by molar-refractivity contribution is -0.147. The van der Waals surface area contributed by atoms with Crippen molar-refractivity contribution in [2.75, 3.05) is 0 Å². The fourth-order valence-corrected chi connectivity index (χ4v) is 1.46. The van der Waals surface area contributed by atoms with Gasteiger partial charge in [0.05, 0.1) is 11.6 Å². The number of hydrogen-bond acceptors (Lipinski definition) is 4. The Morgan fingerprint density at radius 3 is 2.62 bits per heavy atom. The molecule has 0 saturated carbocycles. The lowest BCUT2D eigenvalue weighted by Crippen LogP contribution is -2.15. The van der Waals surface area contributed by atoms with Crippen LogP contribution in [0.5, 0.6) is 0 Å². The summed E-state index contributed by atoms with van der Waals surface area (Å²) in [5.74, 6) is -1.46. The van der Waals surface area contributed by atoms with E-state index in [1.54, 1.807) is 0 Å². The fourth-order valence-electron chi connectivity index (χ4n) is 1.46. The summed E-state index contributed by atoms with van der Waals surface area (Å²) in [7, 11) is 0. The monoisotopic (exact) mass is 219 g/mol. The Morgan fingerprint density at radius 2 is 2.19 bits per heavy atom. The van der Waals surface area contributed by atoms with Gasteiger partial charge in [0.1, 0.15) is 6.29 Å². The first kappa shape index (κ1) is 11.9. The maximum atomic E-state index is 10.7. The second-order valence-electron chi connectivity index (χ2n) is 3.21. The molecule has 0 saturated heterocycles. The van der Waals surface area contributed by atoms with Crippen LogP contribution < -0.4 is 0 Å². The van der Waals surface area contributed by atoms with Gasteiger partial charge >= 0.3 is 5.97 Å². The molecule has 0 aliphatic rings. The largest absolute Gasteiger partial charge is 0.479 e. The van der Waals surface area contributed by atoms with Gasteiger partial charge in [-0.3, -0.25) is 4.79 Å². The van der Waals surface area contributed by atoms with E-state index in [9.17, 15) is 14.7 Å². The average Bonchev–Trinajstić information content (AvgIpc) is 2.27. The first-order valence-electron chi connectivity index (χ1n) is 4.42. The van der Waals surface area contributed by atoms with Crippen molar-refractivity contribution in [1.82, 2.24) is 0 Å². The molecule has 5 nitrogen and oxygen atoms in total. The summed E-state index contributed by atoms with van der Waals surface area (Å²) in [5, 5.41) is 26.9. The lowest BCUT2D eigenvalue weighted by Gasteiger charge is -2.13. The predicted molar refractivity (Wildman–Crippen MR) is 53.9 cm³/mol. The van der Waals surface area contributed by atoms with Crippen LogP contribution in [-0.2, 0) is 4.79 Å². The Balaban J connectivity index is 3.50. The number of carbonyl (C=O) groups excluding carboxylic acids is 1. The second-order valence-corrected chi connectivity index (χ2v) is 3.21. The van der Waals surface area contributed by atoms with Crippen molar-refractivity contribution in [3.8, 4) is 6.07 Å². The van der Waals surface area contributed by atoms with Crippen molar-refractivity contribution in [2.45, 2.75) is 13.0 Å². The fraction of sp³-hybridized carbons (Fsp3) is 0.182. The van der Waals surface area contributed by atoms with Gasteiger partial charge < -0.3 is 10.2 Å². The van der Waals surface area contributed by atoms with E-state index in [1.807, 2.05) is 6.07 Å². The summed E-state index contributed by atoms with van der Waals surface area (Å²) in [6.07, 6.45) is -1.34. The third-order valence-corrected chi connectivity index (χ3v) is 2.30. The van der Waals surface area contributed by atoms with Crippen LogP contribution in [0.2, 0.25) is 0 Å². The number of rotatable bonds is 3. The van der Waals surface area contributed by atoms with Crippen LogP contribution in [0.4, 0.5) is 0 Å². The molecular weight excluding hydrogens is 210 g/mol. The molecule has 1 rings (SSSR count). The van der Waals surface area contributed by atoms with Gasteiger partial charge in [0.15, 0.2) is 6.10 Å². The Labute approximate surface area is 91.6 Å². The van der Waals surface area contributed by atoms with Gasteiger partial charge in [-0.15, -0.1) is 0 Å². The number of hydrogen-bond donors (Lipinski definition) is 2. The summed E-state index contributed by atoms with van der Waals surface area (Å²) in [5.41, 5.74) is 0.593. The molecule has 0 aromatic heterocycles. The number of aliphatic hydroxyl groups excluding tert-OH is 1. The topological polar surface area (TPSA) is 98.4 Å². The van der Waals surface area contributed by atoms with Crippen LogP contribution in [0.3, 0.4) is 0 Å². The van der Waals surface area contributed by atoms with E-state index in [0.717, 1.165) is 0 Å². The molecule has 0 heterocycles. The van der Waals surface area contributed by atoms with Gasteiger partial charge in [-0.1, -0.05) is 0 Å². The summed E-state index contributed by atoms with van der Waals surface area (Å²) >= 11 is 0. The Hall–Kier alpha value is -2.19. The molecule has 0 aliphatic heterocycles. The molecule has 2 N–H and O–H groups in total. The zero-order valence-electron chi connectivity index (χ0n) is 8.47. The molecule has 0 aliphatic carbocycles. The number of aliphatic hydroxyl groups is 1. The minimum atomic E-state index is -1.80. The number of aldehydes is 1. The molecule has 1 aromatic rings. The number of aliphatic carboxylic acids is 1. The highest BCUT2D eigenvalue weighted by Gasteiger charge is 2.23. The number of carbonyl (C=O) groups is 2. The Morgan fingerprint density at radius 1 is 1.56 bits per heavy atom. The first-order chi connectivity index (χ1) is 7.52. The Kier molecular flexibility index (Phi) is 3.38. The molecule has 0 radical (unpaired) electrons. The van der Waals surface area contributed by atoms with Crippen molar-refractivity contribution >= 4 is 12.3 Å². The van der Waals surface area contributed by atoms with E-state index in [1.165, 1.54) is 19.1 Å². The molecule has 82 valence electrons. The van der Waals surface area contributed by atoms with Crippen LogP contribution in [0, 0.1) is 18.3 Å². The van der Waals surface area contributed by atoms with E-state index >= 15 is 0 Å². The molecule has 1 atom stereocenters. The van der Waals surface area contributed by atoms with E-state index in [2.05, 4.69) is 0 Å².